The number of carbonyl (C=O) groups excluding carboxylic acids is 2. The van der Waals surface area contributed by atoms with Crippen LogP contribution < -0.4 is 10.5 Å². The van der Waals surface area contributed by atoms with Crippen LogP contribution in [0.15, 0.2) is 66.7 Å². The van der Waals surface area contributed by atoms with Crippen molar-refractivity contribution >= 4 is 33.9 Å². The van der Waals surface area contributed by atoms with Gasteiger partial charge in [-0.2, -0.15) is 0 Å². The number of carbonyl (C=O) groups is 2. The highest BCUT2D eigenvalue weighted by molar-refractivity contribution is 6.00. The van der Waals surface area contributed by atoms with Gasteiger partial charge in [0.05, 0.1) is 18.3 Å². The molecule has 2 amide bonds. The SMILES string of the molecule is COc1cc(C(=O)N2C[C@H]3CC[C@@H]2[C@@H]3N)cc2nc(-c3cc4ccc(C5CCN(C(=O)OCc6ccccc6)C5)cc4n3CC3CC3)n(C)c12. The van der Waals surface area contributed by atoms with Crippen LogP contribution in [-0.2, 0) is 24.9 Å². The number of aromatic nitrogens is 3. The Morgan fingerprint density at radius 2 is 1.80 bits per heavy atom. The van der Waals surface area contributed by atoms with Gasteiger partial charge in [0, 0.05) is 67.7 Å². The number of nitrogens with two attached hydrogens (primary N) is 1. The Hall–Kier alpha value is -4.83. The van der Waals surface area contributed by atoms with Crippen molar-refractivity contribution in [1.82, 2.24) is 23.9 Å². The highest BCUT2D eigenvalue weighted by Gasteiger charge is 2.47. The first-order chi connectivity index (χ1) is 24.4. The van der Waals surface area contributed by atoms with Crippen molar-refractivity contribution in [3.8, 4) is 17.3 Å². The maximum absolute atomic E-state index is 13.8. The lowest BCUT2D eigenvalue weighted by Crippen LogP contribution is -2.41. The number of hydrogen-bond donors (Lipinski definition) is 1. The monoisotopic (exact) mass is 672 g/mol. The average molecular weight is 673 g/mol. The van der Waals surface area contributed by atoms with Crippen molar-refractivity contribution in [2.45, 2.75) is 63.3 Å². The molecule has 1 unspecified atom stereocenters. The minimum atomic E-state index is -0.254. The molecule has 10 nitrogen and oxygen atoms in total. The summed E-state index contributed by atoms with van der Waals surface area (Å²) in [5, 5.41) is 1.16. The fourth-order valence-corrected chi connectivity index (χ4v) is 8.74. The normalized spacial score (nSPS) is 23.0. The molecule has 4 fully saturated rings. The maximum atomic E-state index is 13.8. The van der Waals surface area contributed by atoms with E-state index in [9.17, 15) is 9.59 Å². The van der Waals surface area contributed by atoms with Crippen LogP contribution in [0.2, 0.25) is 0 Å². The molecule has 2 bridgehead atoms. The summed E-state index contributed by atoms with van der Waals surface area (Å²) in [6.45, 7) is 3.25. The number of fused-ring (bicyclic) bond motifs is 4. The Kier molecular flexibility index (Phi) is 7.60. The van der Waals surface area contributed by atoms with Crippen LogP contribution in [0.3, 0.4) is 0 Å². The fourth-order valence-electron chi connectivity index (χ4n) is 8.74. The highest BCUT2D eigenvalue weighted by atomic mass is 16.6. The molecule has 5 aromatic rings. The molecule has 2 aliphatic heterocycles. The molecule has 50 heavy (non-hydrogen) atoms. The van der Waals surface area contributed by atoms with E-state index in [4.69, 9.17) is 20.2 Å². The van der Waals surface area contributed by atoms with E-state index in [0.717, 1.165) is 65.9 Å². The fraction of sp³-hybridized carbons (Fsp3) is 0.425. The van der Waals surface area contributed by atoms with Gasteiger partial charge in [0.15, 0.2) is 5.82 Å². The number of likely N-dealkylation sites (tertiary alicyclic amines) is 2. The molecule has 4 heterocycles. The Morgan fingerprint density at radius 3 is 2.54 bits per heavy atom. The van der Waals surface area contributed by atoms with Crippen molar-refractivity contribution in [2.24, 2.45) is 24.6 Å². The number of aryl methyl sites for hydroxylation is 1. The van der Waals surface area contributed by atoms with Gasteiger partial charge in [-0.1, -0.05) is 42.5 Å². The van der Waals surface area contributed by atoms with E-state index < -0.39 is 0 Å². The summed E-state index contributed by atoms with van der Waals surface area (Å²) in [5.74, 6) is 2.76. The van der Waals surface area contributed by atoms with Crippen LogP contribution in [0.1, 0.15) is 59.5 Å². The highest BCUT2D eigenvalue weighted by Crippen LogP contribution is 2.41. The molecule has 0 spiro atoms. The first-order valence-electron chi connectivity index (χ1n) is 18.1. The summed E-state index contributed by atoms with van der Waals surface area (Å²) in [6.07, 6.45) is 5.17. The molecule has 2 aliphatic carbocycles. The minimum absolute atomic E-state index is 0.00497. The molecule has 10 heteroatoms. The summed E-state index contributed by atoms with van der Waals surface area (Å²) in [6, 6.07) is 22.7. The Labute approximate surface area is 291 Å². The van der Waals surface area contributed by atoms with Gasteiger partial charge in [-0.25, -0.2) is 9.78 Å². The summed E-state index contributed by atoms with van der Waals surface area (Å²) >= 11 is 0. The smallest absolute Gasteiger partial charge is 0.410 e. The predicted molar refractivity (Wildman–Crippen MR) is 192 cm³/mol. The van der Waals surface area contributed by atoms with Crippen molar-refractivity contribution in [3.63, 3.8) is 0 Å². The summed E-state index contributed by atoms with van der Waals surface area (Å²) in [7, 11) is 3.68. The van der Waals surface area contributed by atoms with Gasteiger partial charge >= 0.3 is 6.09 Å². The number of hydrogen-bond acceptors (Lipinski definition) is 6. The van der Waals surface area contributed by atoms with Crippen LogP contribution in [0.4, 0.5) is 4.79 Å². The second kappa shape index (κ2) is 12.2. The number of piperidine rings is 1. The lowest BCUT2D eigenvalue weighted by Gasteiger charge is -2.27. The quantitative estimate of drug-likeness (QED) is 0.207. The second-order valence-corrected chi connectivity index (χ2v) is 14.9. The molecule has 0 radical (unpaired) electrons. The zero-order valence-electron chi connectivity index (χ0n) is 28.8. The average Bonchev–Trinajstić information content (AvgIpc) is 3.45. The molecule has 2 saturated heterocycles. The first-order valence-corrected chi connectivity index (χ1v) is 18.1. The van der Waals surface area contributed by atoms with Gasteiger partial charge in [0.25, 0.3) is 5.91 Å². The predicted octanol–water partition coefficient (Wildman–Crippen LogP) is 6.30. The Bertz CT molecular complexity index is 2120. The van der Waals surface area contributed by atoms with Gasteiger partial charge in [-0.3, -0.25) is 4.79 Å². The van der Waals surface area contributed by atoms with E-state index in [1.54, 1.807) is 7.11 Å². The second-order valence-electron chi connectivity index (χ2n) is 14.9. The molecular weight excluding hydrogens is 628 g/mol. The van der Waals surface area contributed by atoms with Crippen molar-refractivity contribution in [1.29, 1.82) is 0 Å². The summed E-state index contributed by atoms with van der Waals surface area (Å²) < 4.78 is 16.1. The molecule has 2 aromatic heterocycles. The topological polar surface area (TPSA) is 108 Å². The third-order valence-electron chi connectivity index (χ3n) is 11.7. The van der Waals surface area contributed by atoms with Crippen LogP contribution in [-0.4, -0.2) is 74.7 Å². The molecule has 4 atom stereocenters. The lowest BCUT2D eigenvalue weighted by atomic mass is 9.97. The number of ether oxygens (including phenoxy) is 2. The van der Waals surface area contributed by atoms with E-state index in [-0.39, 0.29) is 36.6 Å². The standard InChI is InChI=1S/C40H44N6O4/c1-43-37-31(16-30(19-35(37)49-2)39(47)46-22-29-12-13-32(46)36(29)41)42-38(43)34-18-27-11-10-26(17-33(27)45(34)20-24-8-9-24)28-14-15-44(21-28)40(48)50-23-25-6-4-3-5-7-25/h3-7,10-11,16-19,24,28-29,32,36H,8-9,12-15,20-23,41H2,1-2H3/t28?,29-,32-,36-/m1/s1. The molecule has 2 saturated carbocycles. The van der Waals surface area contributed by atoms with Gasteiger partial charge < -0.3 is 34.1 Å². The van der Waals surface area contributed by atoms with Gasteiger partial charge in [-0.15, -0.1) is 0 Å². The molecular formula is C40H44N6O4. The van der Waals surface area contributed by atoms with E-state index in [2.05, 4.69) is 33.4 Å². The van der Waals surface area contributed by atoms with Gasteiger partial charge in [0.1, 0.15) is 17.9 Å². The zero-order valence-corrected chi connectivity index (χ0v) is 28.8. The van der Waals surface area contributed by atoms with Crippen LogP contribution in [0.25, 0.3) is 33.5 Å². The third-order valence-corrected chi connectivity index (χ3v) is 11.7. The van der Waals surface area contributed by atoms with E-state index >= 15 is 0 Å². The van der Waals surface area contributed by atoms with Gasteiger partial charge in [-0.05, 0) is 79.3 Å². The van der Waals surface area contributed by atoms with Crippen molar-refractivity contribution in [3.05, 3.63) is 83.4 Å². The number of benzene rings is 3. The number of methoxy groups -OCH3 is 1. The van der Waals surface area contributed by atoms with Crippen LogP contribution in [0.5, 0.6) is 5.75 Å². The zero-order chi connectivity index (χ0) is 34.1. The van der Waals surface area contributed by atoms with E-state index in [1.807, 2.05) is 59.3 Å². The molecule has 2 N–H and O–H groups in total. The van der Waals surface area contributed by atoms with E-state index in [0.29, 0.717) is 36.2 Å². The molecule has 4 aliphatic rings. The van der Waals surface area contributed by atoms with Crippen molar-refractivity contribution in [2.75, 3.05) is 26.7 Å². The molecule has 3 aromatic carbocycles. The third kappa shape index (κ3) is 5.32. The van der Waals surface area contributed by atoms with Gasteiger partial charge in [0.2, 0.25) is 0 Å². The van der Waals surface area contributed by atoms with Crippen molar-refractivity contribution < 1.29 is 19.1 Å². The summed E-state index contributed by atoms with van der Waals surface area (Å²) in [4.78, 5) is 35.7. The Balaban J connectivity index is 1.02. The first kappa shape index (κ1) is 31.2. The summed E-state index contributed by atoms with van der Waals surface area (Å²) in [5.41, 5.74) is 13.1. The number of nitrogens with zero attached hydrogens (tertiary/aromatic N) is 5. The lowest BCUT2D eigenvalue weighted by molar-refractivity contribution is 0.0700. The van der Waals surface area contributed by atoms with E-state index in [1.165, 1.54) is 23.9 Å². The minimum Gasteiger partial charge on any atom is -0.494 e. The number of amides is 2. The number of rotatable bonds is 8. The maximum Gasteiger partial charge on any atom is 0.410 e. The molecule has 9 rings (SSSR count). The van der Waals surface area contributed by atoms with Crippen LogP contribution >= 0.6 is 0 Å². The number of imidazole rings is 1. The van der Waals surface area contributed by atoms with Crippen LogP contribution in [0, 0.1) is 11.8 Å². The largest absolute Gasteiger partial charge is 0.494 e. The Morgan fingerprint density at radius 1 is 0.960 bits per heavy atom. The molecule has 258 valence electrons.